The molecule has 0 aliphatic heterocycles. The van der Waals surface area contributed by atoms with Gasteiger partial charge in [0.05, 0.1) is 5.39 Å². The molecule has 5 heteroatoms. The molecule has 2 aromatic heterocycles. The Morgan fingerprint density at radius 3 is 2.72 bits per heavy atom. The van der Waals surface area contributed by atoms with Crippen LogP contribution in [-0.4, -0.2) is 23.1 Å². The number of fused-ring (bicyclic) bond motifs is 1. The Balaban J connectivity index is 2.53. The molecule has 0 bridgehead atoms. The molecule has 0 atom stereocenters. The third-order valence-electron chi connectivity index (χ3n) is 2.74. The van der Waals surface area contributed by atoms with Gasteiger partial charge in [-0.1, -0.05) is 13.8 Å². The minimum Gasteiger partial charge on any atom is -0.356 e. The summed E-state index contributed by atoms with van der Waals surface area (Å²) in [6.45, 7) is 10.6. The molecule has 0 aliphatic rings. The largest absolute Gasteiger partial charge is 0.356 e. The summed E-state index contributed by atoms with van der Waals surface area (Å²) < 4.78 is 0. The molecule has 0 unspecified atom stereocenters. The molecule has 2 rings (SSSR count). The van der Waals surface area contributed by atoms with Crippen molar-refractivity contribution in [2.24, 2.45) is 5.92 Å². The fraction of sp³-hybridized carbons (Fsp3) is 0.538. The quantitative estimate of drug-likeness (QED) is 0.790. The average molecular weight is 284 g/mol. The van der Waals surface area contributed by atoms with Gasteiger partial charge >= 0.3 is 0 Å². The van der Waals surface area contributed by atoms with E-state index in [4.69, 9.17) is 11.6 Å². The van der Waals surface area contributed by atoms with E-state index in [2.05, 4.69) is 48.6 Å². The Hall–Kier alpha value is -0.870. The number of halogens is 1. The Morgan fingerprint density at radius 1 is 1.39 bits per heavy atom. The van der Waals surface area contributed by atoms with Crippen LogP contribution in [0.4, 0.5) is 5.82 Å². The fourth-order valence-electron chi connectivity index (χ4n) is 2.05. The van der Waals surface area contributed by atoms with Crippen LogP contribution >= 0.6 is 22.9 Å². The van der Waals surface area contributed by atoms with Crippen LogP contribution in [0, 0.1) is 12.8 Å². The first-order valence-corrected chi connectivity index (χ1v) is 7.39. The highest BCUT2D eigenvalue weighted by atomic mass is 35.5. The molecule has 0 radical (unpaired) electrons. The minimum atomic E-state index is 0.335. The lowest BCUT2D eigenvalue weighted by atomic mass is 10.2. The molecule has 0 N–H and O–H groups in total. The van der Waals surface area contributed by atoms with Gasteiger partial charge in [-0.3, -0.25) is 0 Å². The van der Waals surface area contributed by atoms with Gasteiger partial charge in [0.25, 0.3) is 0 Å². The summed E-state index contributed by atoms with van der Waals surface area (Å²) in [6, 6.07) is 2.15. The Morgan fingerprint density at radius 2 is 2.11 bits per heavy atom. The van der Waals surface area contributed by atoms with Gasteiger partial charge < -0.3 is 4.90 Å². The summed E-state index contributed by atoms with van der Waals surface area (Å²) >= 11 is 7.69. The number of thiophene rings is 1. The molecule has 0 saturated carbocycles. The Bertz CT molecular complexity index is 550. The van der Waals surface area contributed by atoms with E-state index >= 15 is 0 Å². The first-order chi connectivity index (χ1) is 8.51. The first kappa shape index (κ1) is 13.6. The van der Waals surface area contributed by atoms with Gasteiger partial charge in [0.1, 0.15) is 10.6 Å². The maximum absolute atomic E-state index is 6.03. The van der Waals surface area contributed by atoms with Gasteiger partial charge in [0.2, 0.25) is 5.28 Å². The predicted octanol–water partition coefficient (Wildman–Crippen LogP) is 4.14. The molecule has 0 saturated heterocycles. The van der Waals surface area contributed by atoms with E-state index < -0.39 is 0 Å². The van der Waals surface area contributed by atoms with Crippen LogP contribution in [0.5, 0.6) is 0 Å². The molecular weight excluding hydrogens is 266 g/mol. The third-order valence-corrected chi connectivity index (χ3v) is 3.85. The van der Waals surface area contributed by atoms with Gasteiger partial charge in [-0.2, -0.15) is 4.98 Å². The maximum Gasteiger partial charge on any atom is 0.225 e. The lowest BCUT2D eigenvalue weighted by Crippen LogP contribution is -2.28. The van der Waals surface area contributed by atoms with E-state index in [0.29, 0.717) is 11.2 Å². The van der Waals surface area contributed by atoms with Crippen molar-refractivity contribution < 1.29 is 0 Å². The number of anilines is 1. The molecule has 18 heavy (non-hydrogen) atoms. The van der Waals surface area contributed by atoms with E-state index in [1.54, 1.807) is 11.3 Å². The van der Waals surface area contributed by atoms with E-state index in [-0.39, 0.29) is 0 Å². The highest BCUT2D eigenvalue weighted by Crippen LogP contribution is 2.31. The molecule has 2 heterocycles. The number of rotatable bonds is 4. The van der Waals surface area contributed by atoms with E-state index in [0.717, 1.165) is 29.1 Å². The van der Waals surface area contributed by atoms with Crippen molar-refractivity contribution >= 4 is 39.0 Å². The molecular formula is C13H18ClN3S. The summed E-state index contributed by atoms with van der Waals surface area (Å²) in [5.41, 5.74) is 0. The zero-order valence-corrected chi connectivity index (χ0v) is 12.8. The van der Waals surface area contributed by atoms with Crippen LogP contribution in [0.3, 0.4) is 0 Å². The molecule has 2 aromatic rings. The second kappa shape index (κ2) is 5.41. The van der Waals surface area contributed by atoms with E-state index in [1.807, 2.05) is 0 Å². The molecule has 98 valence electrons. The highest BCUT2D eigenvalue weighted by molar-refractivity contribution is 7.18. The normalized spacial score (nSPS) is 11.4. The van der Waals surface area contributed by atoms with Crippen molar-refractivity contribution in [2.75, 3.05) is 18.0 Å². The number of aryl methyl sites for hydroxylation is 1. The number of hydrogen-bond acceptors (Lipinski definition) is 4. The SMILES string of the molecule is CCN(CC(C)C)c1nc(Cl)nc2sc(C)cc12. The van der Waals surface area contributed by atoms with E-state index in [1.165, 1.54) is 4.88 Å². The topological polar surface area (TPSA) is 29.0 Å². The Labute approximate surface area is 117 Å². The summed E-state index contributed by atoms with van der Waals surface area (Å²) in [7, 11) is 0. The molecule has 0 amide bonds. The third kappa shape index (κ3) is 2.75. The summed E-state index contributed by atoms with van der Waals surface area (Å²) in [4.78, 5) is 13.2. The van der Waals surface area contributed by atoms with Crippen LogP contribution in [0.25, 0.3) is 10.2 Å². The number of aromatic nitrogens is 2. The lowest BCUT2D eigenvalue weighted by molar-refractivity contribution is 0.615. The summed E-state index contributed by atoms with van der Waals surface area (Å²) in [5, 5.41) is 1.45. The second-order valence-electron chi connectivity index (χ2n) is 4.82. The van der Waals surface area contributed by atoms with Crippen molar-refractivity contribution in [1.82, 2.24) is 9.97 Å². The van der Waals surface area contributed by atoms with Crippen molar-refractivity contribution in [3.05, 3.63) is 16.2 Å². The highest BCUT2D eigenvalue weighted by Gasteiger charge is 2.15. The van der Waals surface area contributed by atoms with Gasteiger partial charge in [-0.15, -0.1) is 11.3 Å². The van der Waals surface area contributed by atoms with Crippen LogP contribution in [0.15, 0.2) is 6.07 Å². The second-order valence-corrected chi connectivity index (χ2v) is 6.40. The zero-order valence-electron chi connectivity index (χ0n) is 11.2. The average Bonchev–Trinajstić information content (AvgIpc) is 2.64. The smallest absolute Gasteiger partial charge is 0.225 e. The Kier molecular flexibility index (Phi) is 4.07. The van der Waals surface area contributed by atoms with Crippen molar-refractivity contribution in [3.8, 4) is 0 Å². The van der Waals surface area contributed by atoms with Gasteiger partial charge in [-0.25, -0.2) is 4.98 Å². The van der Waals surface area contributed by atoms with Gasteiger partial charge in [0.15, 0.2) is 0 Å². The predicted molar refractivity (Wildman–Crippen MR) is 79.9 cm³/mol. The minimum absolute atomic E-state index is 0.335. The zero-order chi connectivity index (χ0) is 13.3. The molecule has 0 aromatic carbocycles. The van der Waals surface area contributed by atoms with Crippen molar-refractivity contribution in [2.45, 2.75) is 27.7 Å². The van der Waals surface area contributed by atoms with Crippen LogP contribution in [0.2, 0.25) is 5.28 Å². The van der Waals surface area contributed by atoms with Gasteiger partial charge in [0, 0.05) is 18.0 Å². The van der Waals surface area contributed by atoms with E-state index in [9.17, 15) is 0 Å². The molecule has 3 nitrogen and oxygen atoms in total. The van der Waals surface area contributed by atoms with Crippen LogP contribution in [0.1, 0.15) is 25.6 Å². The molecule has 0 spiro atoms. The standard InChI is InChI=1S/C13H18ClN3S/c1-5-17(7-8(2)3)11-10-6-9(4)18-12(10)16-13(14)15-11/h6,8H,5,7H2,1-4H3. The van der Waals surface area contributed by atoms with Crippen LogP contribution in [-0.2, 0) is 0 Å². The summed E-state index contributed by atoms with van der Waals surface area (Å²) in [5.74, 6) is 1.55. The molecule has 0 fully saturated rings. The fourth-order valence-corrected chi connectivity index (χ4v) is 3.14. The number of nitrogens with zero attached hydrogens (tertiary/aromatic N) is 3. The number of hydrogen-bond donors (Lipinski definition) is 0. The van der Waals surface area contributed by atoms with Crippen molar-refractivity contribution in [1.29, 1.82) is 0 Å². The first-order valence-electron chi connectivity index (χ1n) is 6.20. The monoisotopic (exact) mass is 283 g/mol. The lowest BCUT2D eigenvalue weighted by Gasteiger charge is -2.24. The van der Waals surface area contributed by atoms with Crippen LogP contribution < -0.4 is 4.90 Å². The molecule has 0 aliphatic carbocycles. The van der Waals surface area contributed by atoms with Crippen molar-refractivity contribution in [3.63, 3.8) is 0 Å². The maximum atomic E-state index is 6.03. The summed E-state index contributed by atoms with van der Waals surface area (Å²) in [6.07, 6.45) is 0. The van der Waals surface area contributed by atoms with Gasteiger partial charge in [-0.05, 0) is 37.4 Å².